The third-order valence-corrected chi connectivity index (χ3v) is 7.42. The van der Waals surface area contributed by atoms with Crippen LogP contribution in [-0.4, -0.2) is 11.0 Å². The Morgan fingerprint density at radius 3 is 1.79 bits per heavy atom. The van der Waals surface area contributed by atoms with Gasteiger partial charge in [0.1, 0.15) is 6.10 Å². The van der Waals surface area contributed by atoms with Gasteiger partial charge in [0.25, 0.3) is 0 Å². The molecule has 28 heavy (non-hydrogen) atoms. The minimum atomic E-state index is -0.763. The van der Waals surface area contributed by atoms with Crippen LogP contribution in [0.5, 0.6) is 0 Å². The summed E-state index contributed by atoms with van der Waals surface area (Å²) < 4.78 is 0. The molecule has 4 aliphatic rings. The number of nitrogens with one attached hydrogen (secondary N) is 1. The molecule has 6 rings (SSSR count). The standard InChI is InChI=1S/C25H29NO2/c27-23(21-9-5-2-6-10-21)22(20-7-3-1-4-8-20)26-24(28)25-14-17-11-18(15-25)13-19(12-17)16-25/h1-10,17-19,22-23,27H,11-16H2,(H,26,28)/t17?,18?,19?,22-,23+,25?/m0/s1. The van der Waals surface area contributed by atoms with Crippen molar-refractivity contribution in [3.8, 4) is 0 Å². The predicted octanol–water partition coefficient (Wildman–Crippen LogP) is 4.79. The first-order valence-corrected chi connectivity index (χ1v) is 10.7. The molecule has 4 bridgehead atoms. The van der Waals surface area contributed by atoms with Crippen LogP contribution in [0.3, 0.4) is 0 Å². The highest BCUT2D eigenvalue weighted by Crippen LogP contribution is 2.60. The van der Waals surface area contributed by atoms with Gasteiger partial charge in [-0.25, -0.2) is 0 Å². The summed E-state index contributed by atoms with van der Waals surface area (Å²) in [6.07, 6.45) is 6.31. The van der Waals surface area contributed by atoms with Crippen LogP contribution in [0, 0.1) is 23.2 Å². The van der Waals surface area contributed by atoms with Gasteiger partial charge in [0.2, 0.25) is 5.91 Å². The first kappa shape index (κ1) is 17.9. The molecule has 1 amide bonds. The molecule has 4 saturated carbocycles. The normalized spacial score (nSPS) is 32.7. The van der Waals surface area contributed by atoms with Crippen molar-refractivity contribution >= 4 is 5.91 Å². The minimum Gasteiger partial charge on any atom is -0.386 e. The maximum absolute atomic E-state index is 13.6. The molecule has 3 heteroatoms. The van der Waals surface area contributed by atoms with Crippen molar-refractivity contribution < 1.29 is 9.90 Å². The maximum atomic E-state index is 13.6. The Bertz CT molecular complexity index is 797. The van der Waals surface area contributed by atoms with Gasteiger partial charge < -0.3 is 10.4 Å². The molecule has 2 aromatic carbocycles. The van der Waals surface area contributed by atoms with E-state index in [-0.39, 0.29) is 11.3 Å². The number of benzene rings is 2. The fraction of sp³-hybridized carbons (Fsp3) is 0.480. The van der Waals surface area contributed by atoms with E-state index in [1.165, 1.54) is 19.3 Å². The zero-order chi connectivity index (χ0) is 19.1. The molecule has 4 aliphatic carbocycles. The largest absolute Gasteiger partial charge is 0.386 e. The summed E-state index contributed by atoms with van der Waals surface area (Å²) in [5, 5.41) is 14.4. The van der Waals surface area contributed by atoms with E-state index in [1.807, 2.05) is 60.7 Å². The smallest absolute Gasteiger partial charge is 0.226 e. The van der Waals surface area contributed by atoms with Crippen LogP contribution in [0.4, 0.5) is 0 Å². The average Bonchev–Trinajstić information content (AvgIpc) is 2.71. The first-order valence-electron chi connectivity index (χ1n) is 10.7. The Hall–Kier alpha value is -2.13. The Labute approximate surface area is 167 Å². The second kappa shape index (κ2) is 7.04. The predicted molar refractivity (Wildman–Crippen MR) is 109 cm³/mol. The Morgan fingerprint density at radius 1 is 0.821 bits per heavy atom. The second-order valence-electron chi connectivity index (χ2n) is 9.42. The van der Waals surface area contributed by atoms with Crippen LogP contribution in [0.25, 0.3) is 0 Å². The van der Waals surface area contributed by atoms with E-state index in [0.717, 1.165) is 48.1 Å². The lowest BCUT2D eigenvalue weighted by atomic mass is 9.49. The summed E-state index contributed by atoms with van der Waals surface area (Å²) in [6, 6.07) is 19.1. The number of carbonyl (C=O) groups excluding carboxylic acids is 1. The summed E-state index contributed by atoms with van der Waals surface area (Å²) in [5.41, 5.74) is 1.58. The van der Waals surface area contributed by atoms with Gasteiger partial charge in [0, 0.05) is 5.41 Å². The van der Waals surface area contributed by atoms with Crippen LogP contribution in [0.15, 0.2) is 60.7 Å². The number of hydrogen-bond donors (Lipinski definition) is 2. The van der Waals surface area contributed by atoms with Crippen LogP contribution in [0.1, 0.15) is 61.8 Å². The topological polar surface area (TPSA) is 49.3 Å². The molecular weight excluding hydrogens is 346 g/mol. The molecule has 2 N–H and O–H groups in total. The van der Waals surface area contributed by atoms with Crippen molar-refractivity contribution in [2.45, 2.75) is 50.7 Å². The second-order valence-corrected chi connectivity index (χ2v) is 9.42. The van der Waals surface area contributed by atoms with Gasteiger partial charge in [-0.05, 0) is 67.4 Å². The quantitative estimate of drug-likeness (QED) is 0.789. The first-order chi connectivity index (χ1) is 13.6. The molecule has 0 radical (unpaired) electrons. The van der Waals surface area contributed by atoms with E-state index in [9.17, 15) is 9.90 Å². The number of hydrogen-bond acceptors (Lipinski definition) is 2. The summed E-state index contributed by atoms with van der Waals surface area (Å²) in [5.74, 6) is 2.35. The lowest BCUT2D eigenvalue weighted by Gasteiger charge is -2.56. The molecular formula is C25H29NO2. The lowest BCUT2D eigenvalue weighted by Crippen LogP contribution is -2.54. The number of amides is 1. The zero-order valence-electron chi connectivity index (χ0n) is 16.3. The fourth-order valence-electron chi connectivity index (χ4n) is 6.53. The number of carbonyl (C=O) groups is 1. The molecule has 0 aromatic heterocycles. The third kappa shape index (κ3) is 3.16. The van der Waals surface area contributed by atoms with Crippen LogP contribution in [-0.2, 0) is 4.79 Å². The van der Waals surface area contributed by atoms with Gasteiger partial charge in [0.05, 0.1) is 6.04 Å². The van der Waals surface area contributed by atoms with E-state index in [0.29, 0.717) is 0 Å². The number of aliphatic hydroxyl groups excluding tert-OH is 1. The number of aliphatic hydroxyl groups is 1. The molecule has 0 aliphatic heterocycles. The van der Waals surface area contributed by atoms with Crippen LogP contribution in [0.2, 0.25) is 0 Å². The van der Waals surface area contributed by atoms with Crippen molar-refractivity contribution in [1.82, 2.24) is 5.32 Å². The van der Waals surface area contributed by atoms with E-state index in [2.05, 4.69) is 5.32 Å². The molecule has 3 nitrogen and oxygen atoms in total. The van der Waals surface area contributed by atoms with Crippen molar-refractivity contribution in [2.24, 2.45) is 23.2 Å². The molecule has 2 atom stereocenters. The molecule has 0 spiro atoms. The molecule has 2 aromatic rings. The highest BCUT2D eigenvalue weighted by molar-refractivity contribution is 5.83. The monoisotopic (exact) mass is 375 g/mol. The highest BCUT2D eigenvalue weighted by Gasteiger charge is 2.55. The molecule has 0 saturated heterocycles. The molecule has 0 unspecified atom stereocenters. The van der Waals surface area contributed by atoms with Crippen molar-refractivity contribution in [3.63, 3.8) is 0 Å². The van der Waals surface area contributed by atoms with Gasteiger partial charge in [-0.2, -0.15) is 0 Å². The van der Waals surface area contributed by atoms with Crippen molar-refractivity contribution in [1.29, 1.82) is 0 Å². The molecule has 4 fully saturated rings. The van der Waals surface area contributed by atoms with Gasteiger partial charge in [-0.1, -0.05) is 60.7 Å². The Balaban J connectivity index is 1.43. The van der Waals surface area contributed by atoms with Gasteiger partial charge >= 0.3 is 0 Å². The van der Waals surface area contributed by atoms with Gasteiger partial charge in [-0.3, -0.25) is 4.79 Å². The Kier molecular flexibility index (Phi) is 4.51. The summed E-state index contributed by atoms with van der Waals surface area (Å²) in [7, 11) is 0. The van der Waals surface area contributed by atoms with Crippen molar-refractivity contribution in [2.75, 3.05) is 0 Å². The highest BCUT2D eigenvalue weighted by atomic mass is 16.3. The third-order valence-electron chi connectivity index (χ3n) is 7.42. The zero-order valence-corrected chi connectivity index (χ0v) is 16.3. The van der Waals surface area contributed by atoms with Crippen LogP contribution >= 0.6 is 0 Å². The SMILES string of the molecule is O=C(N[C@@H](c1ccccc1)[C@H](O)c1ccccc1)C12CC3CC(CC(C3)C1)C2. The van der Waals surface area contributed by atoms with Gasteiger partial charge in [-0.15, -0.1) is 0 Å². The van der Waals surface area contributed by atoms with E-state index in [4.69, 9.17) is 0 Å². The minimum absolute atomic E-state index is 0.162. The molecule has 0 heterocycles. The van der Waals surface area contributed by atoms with Crippen molar-refractivity contribution in [3.05, 3.63) is 71.8 Å². The van der Waals surface area contributed by atoms with E-state index in [1.54, 1.807) is 0 Å². The lowest BCUT2D eigenvalue weighted by molar-refractivity contribution is -0.148. The van der Waals surface area contributed by atoms with Crippen LogP contribution < -0.4 is 5.32 Å². The average molecular weight is 376 g/mol. The fourth-order valence-corrected chi connectivity index (χ4v) is 6.53. The summed E-state index contributed by atoms with van der Waals surface area (Å²) in [4.78, 5) is 13.6. The Morgan fingerprint density at radius 2 is 1.29 bits per heavy atom. The molecule has 146 valence electrons. The van der Waals surface area contributed by atoms with E-state index < -0.39 is 12.1 Å². The van der Waals surface area contributed by atoms with E-state index >= 15 is 0 Å². The maximum Gasteiger partial charge on any atom is 0.226 e. The van der Waals surface area contributed by atoms with Gasteiger partial charge in [0.15, 0.2) is 0 Å². The summed E-state index contributed by atoms with van der Waals surface area (Å²) in [6.45, 7) is 0. The summed E-state index contributed by atoms with van der Waals surface area (Å²) >= 11 is 0. The number of rotatable bonds is 5.